The van der Waals surface area contributed by atoms with Gasteiger partial charge in [0.25, 0.3) is 11.8 Å². The molecule has 1 saturated heterocycles. The predicted octanol–water partition coefficient (Wildman–Crippen LogP) is 2.77. The summed E-state index contributed by atoms with van der Waals surface area (Å²) in [7, 11) is 0. The quantitative estimate of drug-likeness (QED) is 0.739. The maximum atomic E-state index is 5.41. The van der Waals surface area contributed by atoms with Crippen molar-refractivity contribution < 1.29 is 4.52 Å². The van der Waals surface area contributed by atoms with E-state index in [0.29, 0.717) is 11.8 Å². The highest BCUT2D eigenvalue weighted by Crippen LogP contribution is 2.22. The van der Waals surface area contributed by atoms with Gasteiger partial charge in [0.15, 0.2) is 0 Å². The molecule has 2 aromatic heterocycles. The van der Waals surface area contributed by atoms with Gasteiger partial charge in [-0.25, -0.2) is 4.98 Å². The highest BCUT2D eigenvalue weighted by Gasteiger charge is 2.22. The monoisotopic (exact) mass is 321 g/mol. The van der Waals surface area contributed by atoms with E-state index < -0.39 is 0 Å². The average molecular weight is 321 g/mol. The van der Waals surface area contributed by atoms with Crippen molar-refractivity contribution in [2.24, 2.45) is 0 Å². The number of pyridine rings is 1. The Labute approximate surface area is 140 Å². The first kappa shape index (κ1) is 14.7. The number of benzene rings is 1. The first-order valence-electron chi connectivity index (χ1n) is 8.12. The molecule has 0 bridgehead atoms. The zero-order valence-corrected chi connectivity index (χ0v) is 13.6. The van der Waals surface area contributed by atoms with E-state index >= 15 is 0 Å². The number of aryl methyl sites for hydroxylation is 1. The maximum Gasteiger partial charge on any atom is 0.266 e. The summed E-state index contributed by atoms with van der Waals surface area (Å²) in [5.74, 6) is 2.29. The molecule has 6 nitrogen and oxygen atoms in total. The fraction of sp³-hybridized carbons (Fsp3) is 0.278. The van der Waals surface area contributed by atoms with Crippen molar-refractivity contribution in [1.29, 1.82) is 0 Å². The normalized spacial score (nSPS) is 14.9. The van der Waals surface area contributed by atoms with Crippen LogP contribution in [0.25, 0.3) is 11.5 Å². The van der Waals surface area contributed by atoms with Crippen LogP contribution < -0.4 is 9.80 Å². The summed E-state index contributed by atoms with van der Waals surface area (Å²) in [6.45, 7) is 5.59. The Morgan fingerprint density at radius 1 is 0.917 bits per heavy atom. The smallest absolute Gasteiger partial charge is 0.266 e. The number of piperazine rings is 1. The molecule has 1 aliphatic heterocycles. The van der Waals surface area contributed by atoms with Crippen LogP contribution in [0.1, 0.15) is 5.56 Å². The first-order chi connectivity index (χ1) is 11.8. The number of nitrogens with zero attached hydrogens (tertiary/aromatic N) is 5. The molecule has 0 unspecified atom stereocenters. The van der Waals surface area contributed by atoms with Crippen LogP contribution in [0.5, 0.6) is 0 Å². The highest BCUT2D eigenvalue weighted by atomic mass is 16.5. The van der Waals surface area contributed by atoms with Gasteiger partial charge in [-0.2, -0.15) is 4.98 Å². The van der Waals surface area contributed by atoms with E-state index in [9.17, 15) is 0 Å². The Morgan fingerprint density at radius 3 is 2.42 bits per heavy atom. The molecule has 0 spiro atoms. The fourth-order valence-corrected chi connectivity index (χ4v) is 2.97. The van der Waals surface area contributed by atoms with Crippen LogP contribution in [0.2, 0.25) is 0 Å². The van der Waals surface area contributed by atoms with E-state index in [1.54, 1.807) is 0 Å². The predicted molar refractivity (Wildman–Crippen MR) is 93.1 cm³/mol. The van der Waals surface area contributed by atoms with Crippen LogP contribution >= 0.6 is 0 Å². The molecule has 1 aromatic carbocycles. The second kappa shape index (κ2) is 6.31. The Morgan fingerprint density at radius 2 is 1.67 bits per heavy atom. The minimum Gasteiger partial charge on any atom is -0.353 e. The zero-order valence-electron chi connectivity index (χ0n) is 13.6. The van der Waals surface area contributed by atoms with Crippen molar-refractivity contribution in [2.75, 3.05) is 36.0 Å². The third kappa shape index (κ3) is 2.82. The lowest BCUT2D eigenvalue weighted by molar-refractivity contribution is 0.428. The number of rotatable bonds is 3. The molecule has 0 aliphatic carbocycles. The molecule has 122 valence electrons. The summed E-state index contributed by atoms with van der Waals surface area (Å²) in [4.78, 5) is 13.5. The molecule has 0 atom stereocenters. The van der Waals surface area contributed by atoms with Crippen LogP contribution in [-0.2, 0) is 0 Å². The van der Waals surface area contributed by atoms with Gasteiger partial charge in [-0.15, -0.1) is 0 Å². The van der Waals surface area contributed by atoms with Crippen LogP contribution in [0.4, 0.5) is 11.8 Å². The largest absolute Gasteiger partial charge is 0.353 e. The Balaban J connectivity index is 1.45. The molecule has 4 rings (SSSR count). The second-order valence-corrected chi connectivity index (χ2v) is 5.88. The minimum absolute atomic E-state index is 0.564. The maximum absolute atomic E-state index is 5.41. The molecule has 24 heavy (non-hydrogen) atoms. The summed E-state index contributed by atoms with van der Waals surface area (Å²) in [6, 6.07) is 13.9. The molecule has 1 fully saturated rings. The van der Waals surface area contributed by atoms with Crippen LogP contribution in [0, 0.1) is 6.92 Å². The van der Waals surface area contributed by atoms with Gasteiger partial charge in [0.1, 0.15) is 5.82 Å². The summed E-state index contributed by atoms with van der Waals surface area (Å²) in [5, 5.41) is 4.14. The lowest BCUT2D eigenvalue weighted by atomic mass is 10.2. The van der Waals surface area contributed by atoms with Gasteiger partial charge in [0.05, 0.1) is 0 Å². The molecule has 3 heterocycles. The van der Waals surface area contributed by atoms with Crippen molar-refractivity contribution in [3.8, 4) is 11.5 Å². The van der Waals surface area contributed by atoms with Gasteiger partial charge < -0.3 is 14.3 Å². The zero-order chi connectivity index (χ0) is 16.4. The van der Waals surface area contributed by atoms with Crippen LogP contribution in [-0.4, -0.2) is 41.3 Å². The molecule has 3 aromatic rings. The first-order valence-corrected chi connectivity index (χ1v) is 8.12. The SMILES string of the molecule is Cc1cccnc1N1CCN(c2noc(-c3ccccc3)n2)CC1. The van der Waals surface area contributed by atoms with Gasteiger partial charge in [-0.05, 0) is 35.8 Å². The standard InChI is InChI=1S/C18H19N5O/c1-14-6-5-9-19-16(14)22-10-12-23(13-11-22)18-20-17(24-21-18)15-7-3-2-4-8-15/h2-9H,10-13H2,1H3. The topological polar surface area (TPSA) is 58.3 Å². The van der Waals surface area contributed by atoms with Gasteiger partial charge >= 0.3 is 0 Å². The Hall–Kier alpha value is -2.89. The Bertz CT molecular complexity index is 809. The number of hydrogen-bond acceptors (Lipinski definition) is 6. The lowest BCUT2D eigenvalue weighted by Gasteiger charge is -2.35. The molecule has 0 saturated carbocycles. The van der Waals surface area contributed by atoms with E-state index in [0.717, 1.165) is 37.6 Å². The molecule has 0 N–H and O–H groups in total. The molecule has 0 amide bonds. The van der Waals surface area contributed by atoms with Crippen LogP contribution in [0.15, 0.2) is 53.2 Å². The van der Waals surface area contributed by atoms with Crippen LogP contribution in [0.3, 0.4) is 0 Å². The van der Waals surface area contributed by atoms with E-state index in [1.165, 1.54) is 5.56 Å². The third-order valence-electron chi connectivity index (χ3n) is 4.28. The van der Waals surface area contributed by atoms with Gasteiger partial charge in [0.2, 0.25) is 0 Å². The molecular formula is C18H19N5O. The molecule has 1 aliphatic rings. The summed E-state index contributed by atoms with van der Waals surface area (Å²) in [5.41, 5.74) is 2.15. The highest BCUT2D eigenvalue weighted by molar-refractivity contribution is 5.54. The third-order valence-corrected chi connectivity index (χ3v) is 4.28. The van der Waals surface area contributed by atoms with E-state index in [-0.39, 0.29) is 0 Å². The lowest BCUT2D eigenvalue weighted by Crippen LogP contribution is -2.47. The van der Waals surface area contributed by atoms with Crippen molar-refractivity contribution >= 4 is 11.8 Å². The Kier molecular flexibility index (Phi) is 3.86. The van der Waals surface area contributed by atoms with Crippen molar-refractivity contribution in [3.05, 3.63) is 54.2 Å². The van der Waals surface area contributed by atoms with Gasteiger partial charge in [-0.3, -0.25) is 0 Å². The second-order valence-electron chi connectivity index (χ2n) is 5.88. The van der Waals surface area contributed by atoms with Gasteiger partial charge in [-0.1, -0.05) is 24.3 Å². The number of hydrogen-bond donors (Lipinski definition) is 0. The molecular weight excluding hydrogens is 302 g/mol. The van der Waals surface area contributed by atoms with Crippen molar-refractivity contribution in [3.63, 3.8) is 0 Å². The average Bonchev–Trinajstić information content (AvgIpc) is 3.13. The van der Waals surface area contributed by atoms with E-state index in [4.69, 9.17) is 4.52 Å². The summed E-state index contributed by atoms with van der Waals surface area (Å²) in [6.07, 6.45) is 1.85. The van der Waals surface area contributed by atoms with Gasteiger partial charge in [0, 0.05) is 37.9 Å². The molecule has 0 radical (unpaired) electrons. The van der Waals surface area contributed by atoms with E-state index in [2.05, 4.69) is 37.9 Å². The van der Waals surface area contributed by atoms with E-state index in [1.807, 2.05) is 42.6 Å². The fourth-order valence-electron chi connectivity index (χ4n) is 2.97. The summed E-state index contributed by atoms with van der Waals surface area (Å²) < 4.78 is 5.41. The molecule has 6 heteroatoms. The minimum atomic E-state index is 0.564. The van der Waals surface area contributed by atoms with Crippen molar-refractivity contribution in [2.45, 2.75) is 6.92 Å². The number of aromatic nitrogens is 3. The van der Waals surface area contributed by atoms with Crippen molar-refractivity contribution in [1.82, 2.24) is 15.1 Å². The number of anilines is 2. The summed E-state index contributed by atoms with van der Waals surface area (Å²) >= 11 is 0.